The van der Waals surface area contributed by atoms with Crippen molar-refractivity contribution in [1.82, 2.24) is 5.32 Å². The van der Waals surface area contributed by atoms with Gasteiger partial charge in [-0.1, -0.05) is 0 Å². The van der Waals surface area contributed by atoms with Crippen LogP contribution in [-0.4, -0.2) is 51.6 Å². The molecule has 2 heterocycles. The number of carbonyl (C=O) groups excluding carboxylic acids is 2. The Bertz CT molecular complexity index is 961. The van der Waals surface area contributed by atoms with E-state index in [-0.39, 0.29) is 17.3 Å². The molecule has 0 radical (unpaired) electrons. The van der Waals surface area contributed by atoms with E-state index < -0.39 is 34.4 Å². The van der Waals surface area contributed by atoms with Crippen LogP contribution >= 0.6 is 0 Å². The molecule has 8 nitrogen and oxygen atoms in total. The molecule has 140 valence electrons. The summed E-state index contributed by atoms with van der Waals surface area (Å²) >= 11 is 0. The summed E-state index contributed by atoms with van der Waals surface area (Å²) in [5, 5.41) is 3.27. The molecule has 1 saturated heterocycles. The number of hydrogen-bond acceptors (Lipinski definition) is 7. The number of furan rings is 1. The summed E-state index contributed by atoms with van der Waals surface area (Å²) in [6.45, 7) is 1.21. The molecule has 2 aromatic rings. The van der Waals surface area contributed by atoms with Gasteiger partial charge in [-0.25, -0.2) is 13.2 Å². The van der Waals surface area contributed by atoms with Crippen molar-refractivity contribution in [3.63, 3.8) is 0 Å². The molecule has 1 aliphatic heterocycles. The van der Waals surface area contributed by atoms with Crippen molar-refractivity contribution in [3.05, 3.63) is 29.5 Å². The molecule has 1 N–H and O–H groups in total. The second kappa shape index (κ2) is 6.99. The molecule has 26 heavy (non-hydrogen) atoms. The number of ether oxygens (including phenoxy) is 2. The summed E-state index contributed by atoms with van der Waals surface area (Å²) in [7, 11) is -1.55. The molecular formula is C17H19NO7S. The molecule has 1 aromatic heterocycles. The van der Waals surface area contributed by atoms with E-state index >= 15 is 0 Å². The summed E-state index contributed by atoms with van der Waals surface area (Å²) in [6, 6.07) is 4.71. The zero-order valence-electron chi connectivity index (χ0n) is 14.4. The van der Waals surface area contributed by atoms with Gasteiger partial charge in [-0.15, -0.1) is 0 Å². The Morgan fingerprint density at radius 3 is 2.77 bits per heavy atom. The van der Waals surface area contributed by atoms with Crippen LogP contribution in [-0.2, 0) is 19.4 Å². The third kappa shape index (κ3) is 3.82. The zero-order valence-corrected chi connectivity index (χ0v) is 15.2. The fraction of sp³-hybridized carbons (Fsp3) is 0.412. The molecule has 1 fully saturated rings. The summed E-state index contributed by atoms with van der Waals surface area (Å²) in [5.74, 6) is -0.684. The maximum Gasteiger partial charge on any atom is 0.375 e. The van der Waals surface area contributed by atoms with Crippen LogP contribution in [0.4, 0.5) is 0 Å². The van der Waals surface area contributed by atoms with Crippen LogP contribution in [0.2, 0.25) is 0 Å². The van der Waals surface area contributed by atoms with E-state index in [9.17, 15) is 18.0 Å². The van der Waals surface area contributed by atoms with E-state index in [1.54, 1.807) is 32.2 Å². The van der Waals surface area contributed by atoms with Gasteiger partial charge in [0.1, 0.15) is 11.3 Å². The number of fused-ring (bicyclic) bond motifs is 1. The summed E-state index contributed by atoms with van der Waals surface area (Å²) in [5.41, 5.74) is 1.10. The molecule has 9 heteroatoms. The number of aryl methyl sites for hydroxylation is 1. The average Bonchev–Trinajstić information content (AvgIpc) is 3.11. The van der Waals surface area contributed by atoms with Crippen molar-refractivity contribution in [2.24, 2.45) is 0 Å². The van der Waals surface area contributed by atoms with E-state index in [1.165, 1.54) is 0 Å². The first-order valence-corrected chi connectivity index (χ1v) is 9.85. The van der Waals surface area contributed by atoms with E-state index in [0.29, 0.717) is 23.3 Å². The molecule has 0 spiro atoms. The smallest absolute Gasteiger partial charge is 0.375 e. The third-order valence-corrected chi connectivity index (χ3v) is 6.03. The lowest BCUT2D eigenvalue weighted by Crippen LogP contribution is -2.38. The molecule has 1 amide bonds. The fourth-order valence-electron chi connectivity index (χ4n) is 2.90. The summed E-state index contributed by atoms with van der Waals surface area (Å²) in [4.78, 5) is 24.1. The lowest BCUT2D eigenvalue weighted by atomic mass is 10.1. The highest BCUT2D eigenvalue weighted by Gasteiger charge is 2.29. The number of methoxy groups -OCH3 is 1. The van der Waals surface area contributed by atoms with Gasteiger partial charge in [-0.2, -0.15) is 0 Å². The third-order valence-electron chi connectivity index (χ3n) is 4.26. The van der Waals surface area contributed by atoms with Crippen molar-refractivity contribution < 1.29 is 31.9 Å². The minimum absolute atomic E-state index is 0.0181. The summed E-state index contributed by atoms with van der Waals surface area (Å²) < 4.78 is 38.4. The van der Waals surface area contributed by atoms with Gasteiger partial charge < -0.3 is 19.2 Å². The van der Waals surface area contributed by atoms with Crippen molar-refractivity contribution in [3.8, 4) is 5.75 Å². The maximum atomic E-state index is 12.2. The molecule has 0 unspecified atom stereocenters. The Morgan fingerprint density at radius 1 is 1.35 bits per heavy atom. The Balaban J connectivity index is 1.62. The molecule has 0 aliphatic carbocycles. The second-order valence-corrected chi connectivity index (χ2v) is 8.39. The van der Waals surface area contributed by atoms with Gasteiger partial charge in [-0.3, -0.25) is 4.79 Å². The molecule has 0 saturated carbocycles. The number of rotatable bonds is 5. The Morgan fingerprint density at radius 2 is 2.12 bits per heavy atom. The quantitative estimate of drug-likeness (QED) is 0.775. The molecule has 3 rings (SSSR count). The molecular weight excluding hydrogens is 362 g/mol. The minimum atomic E-state index is -3.09. The number of hydrogen-bond donors (Lipinski definition) is 1. The summed E-state index contributed by atoms with van der Waals surface area (Å²) in [6.07, 6.45) is 0.368. The highest BCUT2D eigenvalue weighted by molar-refractivity contribution is 7.91. The molecule has 0 bridgehead atoms. The Kier molecular flexibility index (Phi) is 4.90. The van der Waals surface area contributed by atoms with Crippen LogP contribution in [0, 0.1) is 6.92 Å². The van der Waals surface area contributed by atoms with Gasteiger partial charge in [0.25, 0.3) is 5.91 Å². The number of esters is 1. The van der Waals surface area contributed by atoms with E-state index in [0.717, 1.165) is 5.39 Å². The molecule has 1 atom stereocenters. The van der Waals surface area contributed by atoms with Crippen LogP contribution in [0.5, 0.6) is 5.75 Å². The minimum Gasteiger partial charge on any atom is -0.497 e. The van der Waals surface area contributed by atoms with Crippen LogP contribution in [0.15, 0.2) is 22.6 Å². The molecule has 1 aromatic carbocycles. The molecule has 1 aliphatic rings. The number of amides is 1. The van der Waals surface area contributed by atoms with Crippen molar-refractivity contribution in [2.45, 2.75) is 19.4 Å². The van der Waals surface area contributed by atoms with Crippen LogP contribution in [0.3, 0.4) is 0 Å². The number of sulfone groups is 1. The van der Waals surface area contributed by atoms with Gasteiger partial charge in [0.2, 0.25) is 5.76 Å². The van der Waals surface area contributed by atoms with Crippen LogP contribution < -0.4 is 10.1 Å². The van der Waals surface area contributed by atoms with Gasteiger partial charge in [0, 0.05) is 17.0 Å². The number of nitrogens with one attached hydrogen (secondary N) is 1. The maximum absolute atomic E-state index is 12.2. The first-order chi connectivity index (χ1) is 12.3. The van der Waals surface area contributed by atoms with E-state index in [4.69, 9.17) is 13.9 Å². The van der Waals surface area contributed by atoms with Crippen LogP contribution in [0.1, 0.15) is 22.5 Å². The number of carbonyl (C=O) groups is 2. The zero-order chi connectivity index (χ0) is 18.9. The van der Waals surface area contributed by atoms with Gasteiger partial charge in [-0.05, 0) is 31.5 Å². The lowest BCUT2D eigenvalue weighted by Gasteiger charge is -2.10. The largest absolute Gasteiger partial charge is 0.497 e. The highest BCUT2D eigenvalue weighted by Crippen LogP contribution is 2.29. The van der Waals surface area contributed by atoms with Gasteiger partial charge in [0.05, 0.1) is 18.6 Å². The Hall–Kier alpha value is -2.55. The normalized spacial score (nSPS) is 18.6. The Labute approximate surface area is 150 Å². The average molecular weight is 381 g/mol. The predicted octanol–water partition coefficient (Wildman–Crippen LogP) is 1.21. The second-order valence-electron chi connectivity index (χ2n) is 6.16. The van der Waals surface area contributed by atoms with Crippen LogP contribution in [0.25, 0.3) is 11.0 Å². The number of benzene rings is 1. The first kappa shape index (κ1) is 18.2. The lowest BCUT2D eigenvalue weighted by molar-refractivity contribution is -0.124. The van der Waals surface area contributed by atoms with Gasteiger partial charge in [0.15, 0.2) is 16.4 Å². The highest BCUT2D eigenvalue weighted by atomic mass is 32.2. The fourth-order valence-corrected chi connectivity index (χ4v) is 4.57. The topological polar surface area (TPSA) is 112 Å². The van der Waals surface area contributed by atoms with Crippen molar-refractivity contribution >= 4 is 32.7 Å². The van der Waals surface area contributed by atoms with Crippen molar-refractivity contribution in [2.75, 3.05) is 25.2 Å². The monoisotopic (exact) mass is 381 g/mol. The standard InChI is InChI=1S/C17H19NO7S/c1-10-13-7-12(23-2)3-4-14(13)25-16(10)17(20)24-8-15(19)18-11-5-6-26(21,22)9-11/h3-4,7,11H,5-6,8-9H2,1-2H3,(H,18,19)/t11-/m0/s1. The SMILES string of the molecule is COc1ccc2oc(C(=O)OCC(=O)N[C@H]3CCS(=O)(=O)C3)c(C)c2c1. The van der Waals surface area contributed by atoms with Crippen molar-refractivity contribution in [1.29, 1.82) is 0 Å². The van der Waals surface area contributed by atoms with E-state index in [2.05, 4.69) is 5.32 Å². The van der Waals surface area contributed by atoms with E-state index in [1.807, 2.05) is 0 Å². The first-order valence-electron chi connectivity index (χ1n) is 8.03. The predicted molar refractivity (Wildman–Crippen MR) is 93.0 cm³/mol. The van der Waals surface area contributed by atoms with Gasteiger partial charge >= 0.3 is 5.97 Å².